The van der Waals surface area contributed by atoms with Gasteiger partial charge in [-0.25, -0.2) is 0 Å². The van der Waals surface area contributed by atoms with Gasteiger partial charge in [-0.05, 0) is 43.5 Å². The van der Waals surface area contributed by atoms with Crippen molar-refractivity contribution in [2.45, 2.75) is 31.5 Å². The van der Waals surface area contributed by atoms with Crippen LogP contribution in [0.3, 0.4) is 0 Å². The molecule has 0 amide bonds. The maximum atomic E-state index is 9.77. The van der Waals surface area contributed by atoms with E-state index in [0.717, 1.165) is 51.2 Å². The molecular formula is C15H22N2O2. The molecule has 1 saturated carbocycles. The third-order valence-electron chi connectivity index (χ3n) is 4.02. The van der Waals surface area contributed by atoms with E-state index in [1.807, 2.05) is 12.1 Å². The smallest absolute Gasteiger partial charge is 0.124 e. The van der Waals surface area contributed by atoms with Crippen molar-refractivity contribution < 1.29 is 9.84 Å². The topological polar surface area (TPSA) is 44.7 Å². The lowest BCUT2D eigenvalue weighted by molar-refractivity contribution is 0.0604. The van der Waals surface area contributed by atoms with Crippen LogP contribution in [0.2, 0.25) is 0 Å². The Labute approximate surface area is 114 Å². The summed E-state index contributed by atoms with van der Waals surface area (Å²) in [5.74, 6) is 0.866. The van der Waals surface area contributed by atoms with Crippen molar-refractivity contribution in [3.8, 4) is 5.75 Å². The first-order chi connectivity index (χ1) is 9.33. The van der Waals surface area contributed by atoms with Gasteiger partial charge in [0.2, 0.25) is 0 Å². The molecule has 1 aromatic rings. The summed E-state index contributed by atoms with van der Waals surface area (Å²) in [5, 5.41) is 13.1. The number of ether oxygens (including phenoxy) is 1. The fraction of sp³-hybridized carbons (Fsp3) is 0.600. The van der Waals surface area contributed by atoms with Gasteiger partial charge in [-0.1, -0.05) is 0 Å². The summed E-state index contributed by atoms with van der Waals surface area (Å²) >= 11 is 0. The van der Waals surface area contributed by atoms with E-state index in [2.05, 4.69) is 22.3 Å². The molecule has 2 aliphatic rings. The number of aliphatic hydroxyl groups excluding tert-OH is 1. The number of hydrogen-bond donors (Lipinski definition) is 2. The number of aliphatic hydroxyl groups is 1. The number of hydrogen-bond acceptors (Lipinski definition) is 4. The standard InChI is InChI=1S/C15H22N2O2/c18-14-2-1-3-15(14)19-13-6-4-12(5-7-13)17-10-8-16-9-11-17/h4-7,14-16,18H,1-3,8-11H2. The molecule has 1 aliphatic carbocycles. The van der Waals surface area contributed by atoms with Crippen LogP contribution in [0.25, 0.3) is 0 Å². The van der Waals surface area contributed by atoms with Crippen LogP contribution < -0.4 is 15.0 Å². The molecule has 2 atom stereocenters. The second-order valence-corrected chi connectivity index (χ2v) is 5.39. The Morgan fingerprint density at radius 3 is 2.47 bits per heavy atom. The summed E-state index contributed by atoms with van der Waals surface area (Å²) in [4.78, 5) is 2.38. The molecule has 1 aromatic carbocycles. The zero-order chi connectivity index (χ0) is 13.1. The maximum absolute atomic E-state index is 9.77. The third kappa shape index (κ3) is 3.01. The van der Waals surface area contributed by atoms with Crippen LogP contribution in [0.1, 0.15) is 19.3 Å². The van der Waals surface area contributed by atoms with Gasteiger partial charge in [0.05, 0.1) is 6.10 Å². The highest BCUT2D eigenvalue weighted by Gasteiger charge is 2.26. The van der Waals surface area contributed by atoms with Gasteiger partial charge in [-0.3, -0.25) is 0 Å². The first-order valence-electron chi connectivity index (χ1n) is 7.23. The zero-order valence-electron chi connectivity index (χ0n) is 11.2. The highest BCUT2D eigenvalue weighted by Crippen LogP contribution is 2.26. The molecule has 0 spiro atoms. The van der Waals surface area contributed by atoms with Crippen molar-refractivity contribution in [2.24, 2.45) is 0 Å². The lowest BCUT2D eigenvalue weighted by atomic mass is 10.2. The summed E-state index contributed by atoms with van der Waals surface area (Å²) < 4.78 is 5.85. The van der Waals surface area contributed by atoms with E-state index in [-0.39, 0.29) is 12.2 Å². The molecule has 0 aromatic heterocycles. The van der Waals surface area contributed by atoms with Gasteiger partial charge < -0.3 is 20.1 Å². The predicted octanol–water partition coefficient (Wildman–Crippen LogP) is 1.39. The minimum Gasteiger partial charge on any atom is -0.488 e. The van der Waals surface area contributed by atoms with Gasteiger partial charge in [-0.2, -0.15) is 0 Å². The molecule has 4 nitrogen and oxygen atoms in total. The average molecular weight is 262 g/mol. The van der Waals surface area contributed by atoms with Gasteiger partial charge in [0.25, 0.3) is 0 Å². The molecule has 2 fully saturated rings. The van der Waals surface area contributed by atoms with E-state index in [0.29, 0.717) is 0 Å². The Kier molecular flexibility index (Phi) is 3.89. The van der Waals surface area contributed by atoms with Crippen molar-refractivity contribution in [1.82, 2.24) is 5.32 Å². The van der Waals surface area contributed by atoms with E-state index < -0.39 is 0 Å². The Balaban J connectivity index is 1.61. The van der Waals surface area contributed by atoms with Crippen LogP contribution in [-0.2, 0) is 0 Å². The molecule has 1 saturated heterocycles. The average Bonchev–Trinajstić information content (AvgIpc) is 2.86. The lowest BCUT2D eigenvalue weighted by Crippen LogP contribution is -2.43. The third-order valence-corrected chi connectivity index (χ3v) is 4.02. The molecule has 1 heterocycles. The van der Waals surface area contributed by atoms with Crippen molar-refractivity contribution in [1.29, 1.82) is 0 Å². The Morgan fingerprint density at radius 2 is 1.84 bits per heavy atom. The fourth-order valence-electron chi connectivity index (χ4n) is 2.88. The first kappa shape index (κ1) is 12.8. The number of nitrogens with one attached hydrogen (secondary N) is 1. The minimum absolute atomic E-state index is 0.0231. The van der Waals surface area contributed by atoms with Crippen LogP contribution >= 0.6 is 0 Å². The normalized spacial score (nSPS) is 27.5. The van der Waals surface area contributed by atoms with Crippen LogP contribution in [-0.4, -0.2) is 43.5 Å². The molecule has 19 heavy (non-hydrogen) atoms. The number of benzene rings is 1. The predicted molar refractivity (Wildman–Crippen MR) is 75.8 cm³/mol. The molecule has 4 heteroatoms. The number of anilines is 1. The van der Waals surface area contributed by atoms with Gasteiger partial charge in [0.15, 0.2) is 0 Å². The summed E-state index contributed by atoms with van der Waals surface area (Å²) in [6.45, 7) is 4.21. The van der Waals surface area contributed by atoms with Crippen LogP contribution in [0.5, 0.6) is 5.75 Å². The zero-order valence-corrected chi connectivity index (χ0v) is 11.2. The van der Waals surface area contributed by atoms with E-state index in [9.17, 15) is 5.11 Å². The first-order valence-corrected chi connectivity index (χ1v) is 7.23. The summed E-state index contributed by atoms with van der Waals surface area (Å²) in [6, 6.07) is 8.26. The minimum atomic E-state index is -0.298. The van der Waals surface area contributed by atoms with Gasteiger partial charge in [0, 0.05) is 31.9 Å². The van der Waals surface area contributed by atoms with Crippen molar-refractivity contribution >= 4 is 5.69 Å². The summed E-state index contributed by atoms with van der Waals surface area (Å²) in [7, 11) is 0. The molecule has 1 aliphatic heterocycles. The van der Waals surface area contributed by atoms with Gasteiger partial charge >= 0.3 is 0 Å². The van der Waals surface area contributed by atoms with E-state index in [1.165, 1.54) is 5.69 Å². The SMILES string of the molecule is OC1CCCC1Oc1ccc(N2CCNCC2)cc1. The molecule has 0 bridgehead atoms. The fourth-order valence-corrected chi connectivity index (χ4v) is 2.88. The number of piperazine rings is 1. The molecule has 2 N–H and O–H groups in total. The van der Waals surface area contributed by atoms with E-state index in [4.69, 9.17) is 4.74 Å². The van der Waals surface area contributed by atoms with Crippen molar-refractivity contribution in [3.63, 3.8) is 0 Å². The highest BCUT2D eigenvalue weighted by atomic mass is 16.5. The molecule has 104 valence electrons. The number of rotatable bonds is 3. The van der Waals surface area contributed by atoms with E-state index in [1.54, 1.807) is 0 Å². The Hall–Kier alpha value is -1.26. The van der Waals surface area contributed by atoms with Crippen LogP contribution in [0, 0.1) is 0 Å². The van der Waals surface area contributed by atoms with E-state index >= 15 is 0 Å². The second-order valence-electron chi connectivity index (χ2n) is 5.39. The second kappa shape index (κ2) is 5.80. The van der Waals surface area contributed by atoms with Crippen LogP contribution in [0.15, 0.2) is 24.3 Å². The lowest BCUT2D eigenvalue weighted by Gasteiger charge is -2.29. The monoisotopic (exact) mass is 262 g/mol. The molecular weight excluding hydrogens is 240 g/mol. The van der Waals surface area contributed by atoms with Crippen molar-refractivity contribution in [2.75, 3.05) is 31.1 Å². The quantitative estimate of drug-likeness (QED) is 0.864. The Bertz CT molecular complexity index is 401. The molecule has 2 unspecified atom stereocenters. The Morgan fingerprint density at radius 1 is 1.11 bits per heavy atom. The van der Waals surface area contributed by atoms with Crippen LogP contribution in [0.4, 0.5) is 5.69 Å². The summed E-state index contributed by atoms with van der Waals surface area (Å²) in [6.07, 6.45) is 2.56. The highest BCUT2D eigenvalue weighted by molar-refractivity contribution is 5.49. The summed E-state index contributed by atoms with van der Waals surface area (Å²) in [5.41, 5.74) is 1.25. The van der Waals surface area contributed by atoms with Gasteiger partial charge in [-0.15, -0.1) is 0 Å². The van der Waals surface area contributed by atoms with Gasteiger partial charge in [0.1, 0.15) is 11.9 Å². The maximum Gasteiger partial charge on any atom is 0.124 e. The molecule has 0 radical (unpaired) electrons. The number of nitrogens with zero attached hydrogens (tertiary/aromatic N) is 1. The largest absolute Gasteiger partial charge is 0.488 e. The molecule has 3 rings (SSSR count). The van der Waals surface area contributed by atoms with Crippen molar-refractivity contribution in [3.05, 3.63) is 24.3 Å².